The molecule has 0 aliphatic heterocycles. The van der Waals surface area contributed by atoms with Gasteiger partial charge in [0.2, 0.25) is 16.0 Å². The van der Waals surface area contributed by atoms with E-state index in [0.717, 1.165) is 42.6 Å². The third kappa shape index (κ3) is 3.71. The maximum Gasteiger partial charge on any atom is 0.239 e. The number of nitrogens with one attached hydrogen (secondary N) is 1. The van der Waals surface area contributed by atoms with Gasteiger partial charge in [0, 0.05) is 11.4 Å². The SMILES string of the molecule is Cc1nc(NS(=O)(=O)Cc2ccc(C#N)cc2)nc2c1CCCC2. The number of nitriles is 1. The largest absolute Gasteiger partial charge is 0.251 e. The molecule has 0 radical (unpaired) electrons. The molecule has 1 aliphatic rings. The molecule has 6 nitrogen and oxygen atoms in total. The Balaban J connectivity index is 1.79. The van der Waals surface area contributed by atoms with Gasteiger partial charge in [0.15, 0.2) is 0 Å². The van der Waals surface area contributed by atoms with Crippen molar-refractivity contribution in [2.75, 3.05) is 4.72 Å². The highest BCUT2D eigenvalue weighted by Crippen LogP contribution is 2.23. The molecule has 0 amide bonds. The van der Waals surface area contributed by atoms with Crippen molar-refractivity contribution in [2.24, 2.45) is 0 Å². The van der Waals surface area contributed by atoms with Crippen molar-refractivity contribution in [3.63, 3.8) is 0 Å². The Kier molecular flexibility index (Phi) is 4.49. The number of fused-ring (bicyclic) bond motifs is 1. The molecule has 1 aliphatic carbocycles. The van der Waals surface area contributed by atoms with Crippen LogP contribution in [0.3, 0.4) is 0 Å². The number of hydrogen-bond donors (Lipinski definition) is 1. The Morgan fingerprint density at radius 3 is 2.58 bits per heavy atom. The quantitative estimate of drug-likeness (QED) is 0.921. The zero-order valence-corrected chi connectivity index (χ0v) is 14.2. The highest BCUT2D eigenvalue weighted by atomic mass is 32.2. The summed E-state index contributed by atoms with van der Waals surface area (Å²) in [6, 6.07) is 8.48. The topological polar surface area (TPSA) is 95.7 Å². The Morgan fingerprint density at radius 2 is 1.88 bits per heavy atom. The lowest BCUT2D eigenvalue weighted by molar-refractivity contribution is 0.599. The fourth-order valence-corrected chi connectivity index (χ4v) is 3.97. The molecule has 0 saturated carbocycles. The number of sulfonamides is 1. The third-order valence-electron chi connectivity index (χ3n) is 4.08. The minimum Gasteiger partial charge on any atom is -0.251 e. The average molecular weight is 342 g/mol. The summed E-state index contributed by atoms with van der Waals surface area (Å²) in [6.45, 7) is 1.89. The summed E-state index contributed by atoms with van der Waals surface area (Å²) in [5.41, 5.74) is 4.05. The number of hydrogen-bond acceptors (Lipinski definition) is 5. The van der Waals surface area contributed by atoms with Gasteiger partial charge in [0.05, 0.1) is 17.4 Å². The summed E-state index contributed by atoms with van der Waals surface area (Å²) in [5, 5.41) is 8.78. The van der Waals surface area contributed by atoms with Crippen LogP contribution in [-0.2, 0) is 28.6 Å². The monoisotopic (exact) mass is 342 g/mol. The molecule has 0 unspecified atom stereocenters. The second-order valence-corrected chi connectivity index (χ2v) is 7.66. The van der Waals surface area contributed by atoms with Gasteiger partial charge in [0.25, 0.3) is 0 Å². The zero-order valence-electron chi connectivity index (χ0n) is 13.4. The molecular formula is C17H18N4O2S. The van der Waals surface area contributed by atoms with Crippen LogP contribution in [0.4, 0.5) is 5.95 Å². The highest BCUT2D eigenvalue weighted by molar-refractivity contribution is 7.91. The average Bonchev–Trinajstić information content (AvgIpc) is 2.55. The van der Waals surface area contributed by atoms with Crippen LogP contribution in [0.2, 0.25) is 0 Å². The highest BCUT2D eigenvalue weighted by Gasteiger charge is 2.18. The third-order valence-corrected chi connectivity index (χ3v) is 5.28. The number of aryl methyl sites for hydroxylation is 2. The Bertz CT molecular complexity index is 899. The summed E-state index contributed by atoms with van der Waals surface area (Å²) >= 11 is 0. The molecule has 7 heteroatoms. The van der Waals surface area contributed by atoms with E-state index in [1.165, 1.54) is 0 Å². The van der Waals surface area contributed by atoms with Crippen molar-refractivity contribution < 1.29 is 8.42 Å². The van der Waals surface area contributed by atoms with E-state index in [-0.39, 0.29) is 11.7 Å². The number of aromatic nitrogens is 2. The first kappa shape index (κ1) is 16.4. The van der Waals surface area contributed by atoms with E-state index in [0.29, 0.717) is 11.1 Å². The lowest BCUT2D eigenvalue weighted by Crippen LogP contribution is -2.19. The van der Waals surface area contributed by atoms with Crippen LogP contribution in [-0.4, -0.2) is 18.4 Å². The van der Waals surface area contributed by atoms with E-state index >= 15 is 0 Å². The van der Waals surface area contributed by atoms with Gasteiger partial charge in [-0.2, -0.15) is 5.26 Å². The van der Waals surface area contributed by atoms with Crippen LogP contribution < -0.4 is 4.72 Å². The van der Waals surface area contributed by atoms with E-state index in [4.69, 9.17) is 5.26 Å². The molecule has 0 fully saturated rings. The molecule has 1 heterocycles. The van der Waals surface area contributed by atoms with Crippen LogP contribution in [0.25, 0.3) is 0 Å². The molecule has 0 saturated heterocycles. The molecule has 24 heavy (non-hydrogen) atoms. The molecule has 0 atom stereocenters. The molecule has 3 rings (SSSR count). The van der Waals surface area contributed by atoms with E-state index in [2.05, 4.69) is 14.7 Å². The fourth-order valence-electron chi connectivity index (χ4n) is 2.90. The molecule has 1 N–H and O–H groups in total. The molecule has 2 aromatic rings. The minimum atomic E-state index is -3.61. The van der Waals surface area contributed by atoms with Crippen molar-refractivity contribution in [1.82, 2.24) is 9.97 Å². The maximum absolute atomic E-state index is 12.3. The number of anilines is 1. The van der Waals surface area contributed by atoms with E-state index < -0.39 is 10.0 Å². The Hall–Kier alpha value is -2.46. The summed E-state index contributed by atoms with van der Waals surface area (Å²) < 4.78 is 27.2. The van der Waals surface area contributed by atoms with Crippen LogP contribution in [0, 0.1) is 18.3 Å². The van der Waals surface area contributed by atoms with E-state index in [9.17, 15) is 8.42 Å². The van der Waals surface area contributed by atoms with Crippen LogP contribution in [0.15, 0.2) is 24.3 Å². The van der Waals surface area contributed by atoms with Gasteiger partial charge in [0.1, 0.15) is 0 Å². The first-order chi connectivity index (χ1) is 11.5. The molecule has 0 spiro atoms. The normalized spacial score (nSPS) is 13.8. The van der Waals surface area contributed by atoms with Crippen molar-refractivity contribution in [1.29, 1.82) is 5.26 Å². The van der Waals surface area contributed by atoms with E-state index in [1.54, 1.807) is 24.3 Å². The lowest BCUT2D eigenvalue weighted by atomic mass is 9.95. The van der Waals surface area contributed by atoms with Gasteiger partial charge in [-0.3, -0.25) is 4.72 Å². The molecule has 1 aromatic carbocycles. The predicted octanol–water partition coefficient (Wildman–Crippen LogP) is 2.48. The summed E-state index contributed by atoms with van der Waals surface area (Å²) in [4.78, 5) is 8.68. The second kappa shape index (κ2) is 6.57. The molecule has 1 aromatic heterocycles. The summed E-state index contributed by atoms with van der Waals surface area (Å²) in [5.74, 6) is -0.0418. The van der Waals surface area contributed by atoms with Crippen molar-refractivity contribution >= 4 is 16.0 Å². The number of nitrogens with zero attached hydrogens (tertiary/aromatic N) is 3. The van der Waals surface area contributed by atoms with Crippen molar-refractivity contribution in [3.8, 4) is 6.07 Å². The van der Waals surface area contributed by atoms with Gasteiger partial charge >= 0.3 is 0 Å². The van der Waals surface area contributed by atoms with Crippen LogP contribution in [0.5, 0.6) is 0 Å². The smallest absolute Gasteiger partial charge is 0.239 e. The van der Waals surface area contributed by atoms with Gasteiger partial charge in [-0.05, 0) is 55.9 Å². The fraction of sp³-hybridized carbons (Fsp3) is 0.353. The standard InChI is InChI=1S/C17H18N4O2S/c1-12-15-4-2-3-5-16(15)20-17(19-12)21-24(22,23)11-14-8-6-13(10-18)7-9-14/h6-9H,2-5,11H2,1H3,(H,19,20,21). The lowest BCUT2D eigenvalue weighted by Gasteiger charge is -2.17. The zero-order chi connectivity index (χ0) is 17.2. The summed E-state index contributed by atoms with van der Waals surface area (Å²) in [7, 11) is -3.61. The summed E-state index contributed by atoms with van der Waals surface area (Å²) in [6.07, 6.45) is 4.02. The van der Waals surface area contributed by atoms with Gasteiger partial charge < -0.3 is 0 Å². The number of benzene rings is 1. The molecule has 0 bridgehead atoms. The Morgan fingerprint density at radius 1 is 1.17 bits per heavy atom. The van der Waals surface area contributed by atoms with Crippen molar-refractivity contribution in [3.05, 3.63) is 52.3 Å². The number of rotatable bonds is 4. The van der Waals surface area contributed by atoms with Gasteiger partial charge in [-0.1, -0.05) is 12.1 Å². The van der Waals surface area contributed by atoms with Crippen LogP contribution in [0.1, 0.15) is 40.9 Å². The molecular weight excluding hydrogens is 324 g/mol. The first-order valence-electron chi connectivity index (χ1n) is 7.83. The second-order valence-electron chi connectivity index (χ2n) is 5.93. The van der Waals surface area contributed by atoms with Gasteiger partial charge in [-0.25, -0.2) is 18.4 Å². The minimum absolute atomic E-state index is 0.141. The van der Waals surface area contributed by atoms with Crippen LogP contribution >= 0.6 is 0 Å². The van der Waals surface area contributed by atoms with Crippen molar-refractivity contribution in [2.45, 2.75) is 38.4 Å². The van der Waals surface area contributed by atoms with Gasteiger partial charge in [-0.15, -0.1) is 0 Å². The maximum atomic E-state index is 12.3. The van der Waals surface area contributed by atoms with E-state index in [1.807, 2.05) is 13.0 Å². The molecule has 124 valence electrons. The predicted molar refractivity (Wildman–Crippen MR) is 90.8 cm³/mol. The Labute approximate surface area is 141 Å². The first-order valence-corrected chi connectivity index (χ1v) is 9.48.